The first-order valence-corrected chi connectivity index (χ1v) is 4.71. The van der Waals surface area contributed by atoms with Gasteiger partial charge in [-0.3, -0.25) is 4.79 Å². The van der Waals surface area contributed by atoms with Gasteiger partial charge < -0.3 is 5.32 Å². The number of amides is 1. The first kappa shape index (κ1) is 12.0. The second-order valence-corrected chi connectivity index (χ2v) is 3.15. The highest BCUT2D eigenvalue weighted by molar-refractivity contribution is 5.94. The molecule has 1 rings (SSSR count). The number of halogens is 1. The molecule has 0 atom stereocenters. The first-order valence-electron chi connectivity index (χ1n) is 4.71. The molecule has 1 aromatic rings. The standard InChI is InChI=1S/C10H11FN4O/c1-7-3-2-4-8(9(7)11)10(16)13-5-6-14-15-12/h2-4H,5-6H2,1H3,(H,13,16). The highest BCUT2D eigenvalue weighted by Crippen LogP contribution is 2.11. The van der Waals surface area contributed by atoms with Crippen molar-refractivity contribution in [2.75, 3.05) is 13.1 Å². The highest BCUT2D eigenvalue weighted by atomic mass is 19.1. The monoisotopic (exact) mass is 222 g/mol. The van der Waals surface area contributed by atoms with E-state index in [-0.39, 0.29) is 18.7 Å². The molecule has 0 aromatic heterocycles. The minimum Gasteiger partial charge on any atom is -0.352 e. The number of azide groups is 1. The molecule has 0 aliphatic carbocycles. The van der Waals surface area contributed by atoms with Crippen LogP contribution in [0.15, 0.2) is 23.3 Å². The minimum atomic E-state index is -0.524. The third kappa shape index (κ3) is 2.96. The summed E-state index contributed by atoms with van der Waals surface area (Å²) < 4.78 is 13.5. The number of nitrogens with zero attached hydrogens (tertiary/aromatic N) is 3. The van der Waals surface area contributed by atoms with Crippen LogP contribution >= 0.6 is 0 Å². The first-order chi connectivity index (χ1) is 7.66. The molecule has 0 aliphatic rings. The van der Waals surface area contributed by atoms with Crippen molar-refractivity contribution in [3.05, 3.63) is 45.6 Å². The fourth-order valence-electron chi connectivity index (χ4n) is 1.18. The summed E-state index contributed by atoms with van der Waals surface area (Å²) in [4.78, 5) is 14.0. The topological polar surface area (TPSA) is 77.9 Å². The van der Waals surface area contributed by atoms with Crippen LogP contribution in [0, 0.1) is 12.7 Å². The van der Waals surface area contributed by atoms with E-state index in [1.807, 2.05) is 0 Å². The Morgan fingerprint density at radius 3 is 3.06 bits per heavy atom. The zero-order valence-electron chi connectivity index (χ0n) is 8.77. The van der Waals surface area contributed by atoms with Crippen molar-refractivity contribution in [1.29, 1.82) is 0 Å². The SMILES string of the molecule is Cc1cccc(C(=O)NCCN=[N+]=[N-])c1F. The maximum atomic E-state index is 13.5. The number of hydrogen-bond donors (Lipinski definition) is 1. The normalized spacial score (nSPS) is 9.38. The van der Waals surface area contributed by atoms with Crippen molar-refractivity contribution >= 4 is 5.91 Å². The largest absolute Gasteiger partial charge is 0.352 e. The number of nitrogens with one attached hydrogen (secondary N) is 1. The molecule has 0 saturated heterocycles. The Labute approximate surface area is 91.9 Å². The van der Waals surface area contributed by atoms with Crippen molar-refractivity contribution in [1.82, 2.24) is 5.32 Å². The molecule has 6 heteroatoms. The van der Waals surface area contributed by atoms with Crippen molar-refractivity contribution < 1.29 is 9.18 Å². The zero-order chi connectivity index (χ0) is 12.0. The van der Waals surface area contributed by atoms with Crippen molar-refractivity contribution in [3.8, 4) is 0 Å². The van der Waals surface area contributed by atoms with Gasteiger partial charge in [0.05, 0.1) is 5.56 Å². The second-order valence-electron chi connectivity index (χ2n) is 3.15. The van der Waals surface area contributed by atoms with E-state index in [1.165, 1.54) is 6.07 Å². The Kier molecular flexibility index (Phi) is 4.29. The van der Waals surface area contributed by atoms with Crippen LogP contribution in [0.25, 0.3) is 10.4 Å². The molecule has 0 aliphatic heterocycles. The average Bonchev–Trinajstić information content (AvgIpc) is 2.28. The molecular formula is C10H11FN4O. The van der Waals surface area contributed by atoms with Crippen LogP contribution in [0.4, 0.5) is 4.39 Å². The van der Waals surface area contributed by atoms with Gasteiger partial charge in [-0.25, -0.2) is 4.39 Å². The molecule has 0 unspecified atom stereocenters. The smallest absolute Gasteiger partial charge is 0.254 e. The summed E-state index contributed by atoms with van der Waals surface area (Å²) in [6.07, 6.45) is 0. The van der Waals surface area contributed by atoms with Gasteiger partial charge in [0, 0.05) is 18.0 Å². The summed E-state index contributed by atoms with van der Waals surface area (Å²) >= 11 is 0. The Morgan fingerprint density at radius 1 is 1.62 bits per heavy atom. The van der Waals surface area contributed by atoms with E-state index in [1.54, 1.807) is 19.1 Å². The van der Waals surface area contributed by atoms with Crippen molar-refractivity contribution in [2.24, 2.45) is 5.11 Å². The van der Waals surface area contributed by atoms with E-state index >= 15 is 0 Å². The van der Waals surface area contributed by atoms with Gasteiger partial charge in [0.1, 0.15) is 5.82 Å². The molecule has 0 radical (unpaired) electrons. The zero-order valence-corrected chi connectivity index (χ0v) is 8.77. The lowest BCUT2D eigenvalue weighted by atomic mass is 10.1. The number of rotatable bonds is 4. The fourth-order valence-corrected chi connectivity index (χ4v) is 1.18. The maximum absolute atomic E-state index is 13.5. The Balaban J connectivity index is 2.66. The average molecular weight is 222 g/mol. The third-order valence-electron chi connectivity index (χ3n) is 2.00. The Bertz CT molecular complexity index is 440. The van der Waals surface area contributed by atoms with Crippen LogP contribution in [0.2, 0.25) is 0 Å². The van der Waals surface area contributed by atoms with Gasteiger partial charge in [0.2, 0.25) is 0 Å². The van der Waals surface area contributed by atoms with Crippen LogP contribution in [-0.2, 0) is 0 Å². The number of aryl methyl sites for hydroxylation is 1. The number of carbonyl (C=O) groups excluding carboxylic acids is 1. The van der Waals surface area contributed by atoms with Gasteiger partial charge in [0.15, 0.2) is 0 Å². The maximum Gasteiger partial charge on any atom is 0.254 e. The summed E-state index contributed by atoms with van der Waals surface area (Å²) in [6, 6.07) is 4.61. The molecule has 84 valence electrons. The van der Waals surface area contributed by atoms with Crippen LogP contribution in [-0.4, -0.2) is 19.0 Å². The van der Waals surface area contributed by atoms with E-state index in [4.69, 9.17) is 5.53 Å². The van der Waals surface area contributed by atoms with Crippen molar-refractivity contribution in [2.45, 2.75) is 6.92 Å². The van der Waals surface area contributed by atoms with E-state index in [2.05, 4.69) is 15.3 Å². The molecular weight excluding hydrogens is 211 g/mol. The van der Waals surface area contributed by atoms with Crippen LogP contribution in [0.3, 0.4) is 0 Å². The molecule has 1 aromatic carbocycles. The second kappa shape index (κ2) is 5.72. The van der Waals surface area contributed by atoms with Crippen LogP contribution in [0.5, 0.6) is 0 Å². The molecule has 0 heterocycles. The van der Waals surface area contributed by atoms with Gasteiger partial charge in [-0.1, -0.05) is 17.2 Å². The van der Waals surface area contributed by atoms with E-state index < -0.39 is 11.7 Å². The van der Waals surface area contributed by atoms with Crippen molar-refractivity contribution in [3.63, 3.8) is 0 Å². The van der Waals surface area contributed by atoms with Gasteiger partial charge in [-0.15, -0.1) is 0 Å². The summed E-state index contributed by atoms with van der Waals surface area (Å²) in [5.41, 5.74) is 8.43. The number of hydrogen-bond acceptors (Lipinski definition) is 2. The van der Waals surface area contributed by atoms with E-state index in [9.17, 15) is 9.18 Å². The molecule has 0 bridgehead atoms. The quantitative estimate of drug-likeness (QED) is 0.360. The van der Waals surface area contributed by atoms with Gasteiger partial charge in [-0.05, 0) is 24.1 Å². The van der Waals surface area contributed by atoms with E-state index in [0.29, 0.717) is 5.56 Å². The van der Waals surface area contributed by atoms with Crippen LogP contribution in [0.1, 0.15) is 15.9 Å². The van der Waals surface area contributed by atoms with Crippen LogP contribution < -0.4 is 5.32 Å². The van der Waals surface area contributed by atoms with Gasteiger partial charge >= 0.3 is 0 Å². The molecule has 1 N–H and O–H groups in total. The molecule has 5 nitrogen and oxygen atoms in total. The number of carbonyl (C=O) groups is 1. The molecule has 0 saturated carbocycles. The highest BCUT2D eigenvalue weighted by Gasteiger charge is 2.11. The predicted molar refractivity (Wildman–Crippen MR) is 57.5 cm³/mol. The lowest BCUT2D eigenvalue weighted by molar-refractivity contribution is 0.0950. The molecule has 0 fully saturated rings. The molecule has 16 heavy (non-hydrogen) atoms. The summed E-state index contributed by atoms with van der Waals surface area (Å²) in [6.45, 7) is 1.93. The van der Waals surface area contributed by atoms with Gasteiger partial charge in [0.25, 0.3) is 5.91 Å². The fraction of sp³-hybridized carbons (Fsp3) is 0.300. The summed E-state index contributed by atoms with van der Waals surface area (Å²) in [5, 5.41) is 5.71. The third-order valence-corrected chi connectivity index (χ3v) is 2.00. The summed E-state index contributed by atoms with van der Waals surface area (Å²) in [5.74, 6) is -1.03. The Hall–Kier alpha value is -2.07. The summed E-state index contributed by atoms with van der Waals surface area (Å²) in [7, 11) is 0. The molecule has 0 spiro atoms. The lowest BCUT2D eigenvalue weighted by Gasteiger charge is -2.05. The predicted octanol–water partition coefficient (Wildman–Crippen LogP) is 2.17. The Morgan fingerprint density at radius 2 is 2.38 bits per heavy atom. The lowest BCUT2D eigenvalue weighted by Crippen LogP contribution is -2.26. The molecule has 1 amide bonds. The minimum absolute atomic E-state index is 0.000868. The van der Waals surface area contributed by atoms with Gasteiger partial charge in [-0.2, -0.15) is 0 Å². The number of benzene rings is 1. The van der Waals surface area contributed by atoms with E-state index in [0.717, 1.165) is 0 Å².